The molecule has 3 heterocycles. The molecule has 1 aromatic rings. The van der Waals surface area contributed by atoms with Gasteiger partial charge in [-0.3, -0.25) is 0 Å². The van der Waals surface area contributed by atoms with E-state index in [9.17, 15) is 0 Å². The minimum atomic E-state index is 0.291. The number of hydrogen-bond donors (Lipinski definition) is 0. The number of hydrogen-bond acceptors (Lipinski definition) is 0. The third-order valence-corrected chi connectivity index (χ3v) is 10.2. The average molecular weight is 386 g/mol. The van der Waals surface area contributed by atoms with E-state index < -0.39 is 0 Å². The second kappa shape index (κ2) is 5.13. The maximum absolute atomic E-state index is 2.62. The molecule has 0 amide bonds. The first-order valence-corrected chi connectivity index (χ1v) is 11.9. The molecule has 146 valence electrons. The summed E-state index contributed by atoms with van der Waals surface area (Å²) in [7, 11) is 0. The lowest BCUT2D eigenvalue weighted by Gasteiger charge is -2.66. The summed E-state index contributed by atoms with van der Waals surface area (Å²) in [6, 6.07) is 7.13. The average Bonchev–Trinajstić information content (AvgIpc) is 2.77. The largest absolute Gasteiger partial charge is 0.162 e. The van der Waals surface area contributed by atoms with Crippen molar-refractivity contribution in [3.05, 3.63) is 101 Å². The number of allylic oxidation sites excluding steroid dienone is 11. The zero-order chi connectivity index (χ0) is 19.8. The summed E-state index contributed by atoms with van der Waals surface area (Å²) >= 11 is 0. The maximum Gasteiger partial charge on any atom is 0.162 e. The fourth-order valence-corrected chi connectivity index (χ4v) is 9.27. The van der Waals surface area contributed by atoms with Crippen LogP contribution >= 0.6 is 0 Å². The highest BCUT2D eigenvalue weighted by atomic mass is 14.6. The predicted octanol–water partition coefficient (Wildman–Crippen LogP) is 6.75. The predicted molar refractivity (Wildman–Crippen MR) is 126 cm³/mol. The fourth-order valence-electron chi connectivity index (χ4n) is 9.27. The molecule has 2 saturated heterocycles. The van der Waals surface area contributed by atoms with E-state index >= 15 is 0 Å². The summed E-state index contributed by atoms with van der Waals surface area (Å²) < 4.78 is 0. The van der Waals surface area contributed by atoms with E-state index in [1.165, 1.54) is 5.56 Å². The minimum Gasteiger partial charge on any atom is -0.0810 e. The van der Waals surface area contributed by atoms with Crippen LogP contribution in [0.2, 0.25) is 11.6 Å². The normalized spacial score (nSPS) is 43.7. The molecule has 30 heavy (non-hydrogen) atoms. The first-order valence-electron chi connectivity index (χ1n) is 11.9. The molecule has 0 bridgehead atoms. The van der Waals surface area contributed by atoms with Gasteiger partial charge in [-0.15, -0.1) is 0 Å². The van der Waals surface area contributed by atoms with Gasteiger partial charge in [-0.2, -0.15) is 0 Å². The third-order valence-electron chi connectivity index (χ3n) is 10.2. The van der Waals surface area contributed by atoms with Crippen LogP contribution in [0.5, 0.6) is 0 Å². The Hall–Kier alpha value is -2.28. The molecule has 0 saturated carbocycles. The van der Waals surface area contributed by atoms with Crippen molar-refractivity contribution in [3.8, 4) is 0 Å². The maximum atomic E-state index is 2.62. The van der Waals surface area contributed by atoms with Crippen LogP contribution in [0.3, 0.4) is 0 Å². The van der Waals surface area contributed by atoms with E-state index in [0.717, 1.165) is 12.5 Å². The van der Waals surface area contributed by atoms with Crippen LogP contribution in [0.4, 0.5) is 0 Å². The summed E-state index contributed by atoms with van der Waals surface area (Å²) in [6.45, 7) is 5.90. The molecule has 0 spiro atoms. The van der Waals surface area contributed by atoms with Crippen LogP contribution < -0.4 is 0 Å². The Morgan fingerprint density at radius 2 is 1.67 bits per heavy atom. The minimum absolute atomic E-state index is 0.291. The van der Waals surface area contributed by atoms with Crippen LogP contribution in [0.15, 0.2) is 84.0 Å². The van der Waals surface area contributed by atoms with Gasteiger partial charge in [0.05, 0.1) is 0 Å². The van der Waals surface area contributed by atoms with E-state index in [1.807, 2.05) is 0 Å². The Balaban J connectivity index is 1.49. The van der Waals surface area contributed by atoms with Gasteiger partial charge < -0.3 is 0 Å². The molecule has 8 unspecified atom stereocenters. The van der Waals surface area contributed by atoms with Crippen molar-refractivity contribution >= 4 is 12.8 Å². The first kappa shape index (κ1) is 16.4. The van der Waals surface area contributed by atoms with E-state index in [-0.39, 0.29) is 0 Å². The molecule has 2 fully saturated rings. The van der Waals surface area contributed by atoms with Gasteiger partial charge >= 0.3 is 0 Å². The Bertz CT molecular complexity index is 1180. The van der Waals surface area contributed by atoms with Crippen LogP contribution in [0.1, 0.15) is 42.3 Å². The molecule has 1 aromatic carbocycles. The summed E-state index contributed by atoms with van der Waals surface area (Å²) in [5, 5.41) is 0. The van der Waals surface area contributed by atoms with Crippen LogP contribution in [-0.2, 0) is 0 Å². The van der Waals surface area contributed by atoms with Crippen molar-refractivity contribution in [1.29, 1.82) is 0 Å². The van der Waals surface area contributed by atoms with Crippen molar-refractivity contribution in [1.82, 2.24) is 0 Å². The van der Waals surface area contributed by atoms with E-state index in [1.54, 1.807) is 22.3 Å². The second-order valence-electron chi connectivity index (χ2n) is 11.3. The van der Waals surface area contributed by atoms with E-state index in [0.29, 0.717) is 46.6 Å². The Labute approximate surface area is 179 Å². The Kier molecular flexibility index (Phi) is 2.81. The molecule has 4 aliphatic carbocycles. The van der Waals surface area contributed by atoms with Crippen LogP contribution in [0, 0.1) is 29.1 Å². The topological polar surface area (TPSA) is 0 Å². The molecule has 0 aromatic heterocycles. The molecule has 0 nitrogen and oxygen atoms in total. The van der Waals surface area contributed by atoms with Crippen molar-refractivity contribution in [2.75, 3.05) is 0 Å². The SMILES string of the molecule is CC1(C)C2C=Cc3cccc4c3C2B2C3C(=CC=CC43)C3C=CC=C4C=CC1C2C43. The molecule has 7 aliphatic rings. The monoisotopic (exact) mass is 386 g/mol. The van der Waals surface area contributed by atoms with Crippen molar-refractivity contribution in [2.24, 2.45) is 29.1 Å². The first-order chi connectivity index (χ1) is 14.7. The summed E-state index contributed by atoms with van der Waals surface area (Å²) in [4.78, 5) is 0. The lowest BCUT2D eigenvalue weighted by atomic mass is 9.11. The highest BCUT2D eigenvalue weighted by Gasteiger charge is 2.67. The molecular weight excluding hydrogens is 359 g/mol. The smallest absolute Gasteiger partial charge is 0.0810 e. The summed E-state index contributed by atoms with van der Waals surface area (Å²) in [5.41, 5.74) is 8.45. The zero-order valence-electron chi connectivity index (χ0n) is 17.7. The number of benzene rings is 1. The summed E-state index contributed by atoms with van der Waals surface area (Å²) in [5.74, 6) is 5.24. The van der Waals surface area contributed by atoms with Gasteiger partial charge in [0.15, 0.2) is 6.71 Å². The molecule has 1 heteroatoms. The Morgan fingerprint density at radius 3 is 2.60 bits per heavy atom. The lowest BCUT2D eigenvalue weighted by molar-refractivity contribution is 0.112. The third kappa shape index (κ3) is 1.65. The van der Waals surface area contributed by atoms with E-state index in [2.05, 4.69) is 92.8 Å². The molecule has 8 rings (SSSR count). The summed E-state index contributed by atoms with van der Waals surface area (Å²) in [6.07, 6.45) is 24.9. The van der Waals surface area contributed by atoms with Gasteiger partial charge in [0.25, 0.3) is 0 Å². The molecule has 8 atom stereocenters. The van der Waals surface area contributed by atoms with E-state index in [4.69, 9.17) is 0 Å². The van der Waals surface area contributed by atoms with Gasteiger partial charge in [0.1, 0.15) is 0 Å². The highest BCUT2D eigenvalue weighted by Crippen LogP contribution is 2.73. The lowest BCUT2D eigenvalue weighted by Crippen LogP contribution is -2.62. The van der Waals surface area contributed by atoms with Crippen LogP contribution in [0.25, 0.3) is 6.08 Å². The van der Waals surface area contributed by atoms with Crippen molar-refractivity contribution < 1.29 is 0 Å². The van der Waals surface area contributed by atoms with Gasteiger partial charge in [-0.1, -0.05) is 98.4 Å². The highest BCUT2D eigenvalue weighted by molar-refractivity contribution is 6.66. The zero-order valence-corrected chi connectivity index (χ0v) is 17.7. The van der Waals surface area contributed by atoms with Crippen molar-refractivity contribution in [3.63, 3.8) is 0 Å². The molecule has 0 N–H and O–H groups in total. The molecule has 0 radical (unpaired) electrons. The van der Waals surface area contributed by atoms with Crippen molar-refractivity contribution in [2.45, 2.75) is 37.2 Å². The fraction of sp³-hybridized carbons (Fsp3) is 0.379. The van der Waals surface area contributed by atoms with Gasteiger partial charge in [-0.05, 0) is 62.9 Å². The molecular formula is C29H27B. The van der Waals surface area contributed by atoms with Gasteiger partial charge in [0.2, 0.25) is 0 Å². The van der Waals surface area contributed by atoms with Crippen LogP contribution in [-0.4, -0.2) is 6.71 Å². The molecule has 3 aliphatic heterocycles. The Morgan fingerprint density at radius 1 is 0.833 bits per heavy atom. The quantitative estimate of drug-likeness (QED) is 0.433. The number of fused-ring (bicyclic) bond motifs is 2. The standard InChI is InChI=1S/C29H27B/c1-29(2)22-14-12-16-6-3-8-18-20-10-5-11-21-19-9-4-7-17-13-15-23(29)28(25(17)19)30(26(20)21)27(22)24(16)18/h3-15,18,21-24,26-28H,1-2H3. The number of rotatable bonds is 0. The van der Waals surface area contributed by atoms with Gasteiger partial charge in [-0.25, -0.2) is 0 Å². The van der Waals surface area contributed by atoms with Gasteiger partial charge in [0, 0.05) is 11.8 Å². The second-order valence-corrected chi connectivity index (χ2v) is 11.3.